The van der Waals surface area contributed by atoms with E-state index in [9.17, 15) is 17.7 Å². The molecule has 6 nitrogen and oxygen atoms in total. The van der Waals surface area contributed by atoms with Crippen LogP contribution in [-0.2, 0) is 22.9 Å². The van der Waals surface area contributed by atoms with Crippen molar-refractivity contribution in [2.45, 2.75) is 17.7 Å². The van der Waals surface area contributed by atoms with Crippen LogP contribution in [-0.4, -0.2) is 32.9 Å². The first-order valence-corrected chi connectivity index (χ1v) is 9.48. The number of anilines is 1. The first-order chi connectivity index (χ1) is 11.3. The van der Waals surface area contributed by atoms with Gasteiger partial charge in [0.25, 0.3) is 0 Å². The number of rotatable bonds is 8. The summed E-state index contributed by atoms with van der Waals surface area (Å²) < 4.78 is 39.4. The van der Waals surface area contributed by atoms with Crippen molar-refractivity contribution >= 4 is 26.4 Å². The molecule has 0 unspecified atom stereocenters. The van der Waals surface area contributed by atoms with Gasteiger partial charge in [-0.15, -0.1) is 11.3 Å². The van der Waals surface area contributed by atoms with E-state index in [1.165, 1.54) is 29.6 Å². The molecule has 24 heavy (non-hydrogen) atoms. The number of thiophene rings is 1. The Morgan fingerprint density at radius 3 is 2.54 bits per heavy atom. The molecule has 0 atom stereocenters. The minimum absolute atomic E-state index is 0.0509. The predicted octanol–water partition coefficient (Wildman–Crippen LogP) is 2.64. The van der Waals surface area contributed by atoms with Gasteiger partial charge in [-0.2, -0.15) is 4.91 Å². The maximum absolute atomic E-state index is 12.9. The van der Waals surface area contributed by atoms with Crippen molar-refractivity contribution in [2.24, 2.45) is 5.18 Å². The van der Waals surface area contributed by atoms with Crippen molar-refractivity contribution in [2.75, 3.05) is 25.9 Å². The number of nitrogens with zero attached hydrogens (tertiary/aromatic N) is 2. The zero-order chi connectivity index (χ0) is 17.7. The number of hydrogen-bond donors (Lipinski definition) is 1. The van der Waals surface area contributed by atoms with Gasteiger partial charge >= 0.3 is 0 Å². The molecular formula is C15H18FN3O3S2. The van der Waals surface area contributed by atoms with Crippen LogP contribution >= 0.6 is 11.3 Å². The highest BCUT2D eigenvalue weighted by Gasteiger charge is 2.25. The second-order valence-corrected chi connectivity index (χ2v) is 8.43. The summed E-state index contributed by atoms with van der Waals surface area (Å²) in [6.07, 6.45) is 0.829. The Morgan fingerprint density at radius 2 is 1.92 bits per heavy atom. The van der Waals surface area contributed by atoms with Gasteiger partial charge in [0.15, 0.2) is 0 Å². The van der Waals surface area contributed by atoms with E-state index in [2.05, 4.69) is 5.18 Å². The van der Waals surface area contributed by atoms with Gasteiger partial charge in [-0.05, 0) is 30.2 Å². The van der Waals surface area contributed by atoms with Crippen molar-refractivity contribution in [1.82, 2.24) is 4.31 Å². The topological polar surface area (TPSA) is 92.8 Å². The van der Waals surface area contributed by atoms with Gasteiger partial charge in [0.2, 0.25) is 10.0 Å². The Labute approximate surface area is 144 Å². The molecule has 0 radical (unpaired) electrons. The third kappa shape index (κ3) is 4.37. The Balaban J connectivity index is 2.09. The van der Waals surface area contributed by atoms with E-state index in [1.54, 1.807) is 12.1 Å². The highest BCUT2D eigenvalue weighted by Crippen LogP contribution is 2.31. The van der Waals surface area contributed by atoms with Crippen molar-refractivity contribution < 1.29 is 12.8 Å². The summed E-state index contributed by atoms with van der Waals surface area (Å²) >= 11 is 1.15. The lowest BCUT2D eigenvalue weighted by molar-refractivity contribution is 0.473. The summed E-state index contributed by atoms with van der Waals surface area (Å²) in [6.45, 7) is 0.328. The zero-order valence-corrected chi connectivity index (χ0v) is 14.7. The van der Waals surface area contributed by atoms with Crippen LogP contribution in [0.2, 0.25) is 0 Å². The molecule has 0 aliphatic rings. The smallest absolute Gasteiger partial charge is 0.245 e. The van der Waals surface area contributed by atoms with Crippen LogP contribution < -0.4 is 5.73 Å². The Hall–Kier alpha value is -1.84. The van der Waals surface area contributed by atoms with E-state index in [0.29, 0.717) is 17.7 Å². The van der Waals surface area contributed by atoms with E-state index < -0.39 is 10.0 Å². The molecule has 0 fully saturated rings. The number of benzene rings is 1. The van der Waals surface area contributed by atoms with Gasteiger partial charge < -0.3 is 5.73 Å². The van der Waals surface area contributed by atoms with Crippen LogP contribution in [0.25, 0.3) is 0 Å². The summed E-state index contributed by atoms with van der Waals surface area (Å²) in [5, 5.41) is 2.96. The van der Waals surface area contributed by atoms with Crippen LogP contribution in [0.3, 0.4) is 0 Å². The summed E-state index contributed by atoms with van der Waals surface area (Å²) in [7, 11) is -2.24. The molecule has 1 heterocycles. The number of likely N-dealkylation sites (N-methyl/N-ethyl adjacent to an activating group) is 1. The molecule has 130 valence electrons. The molecule has 2 rings (SSSR count). The van der Waals surface area contributed by atoms with Gasteiger partial charge in [-0.3, -0.25) is 0 Å². The largest absolute Gasteiger partial charge is 0.389 e. The van der Waals surface area contributed by atoms with Crippen molar-refractivity contribution in [3.8, 4) is 0 Å². The zero-order valence-electron chi connectivity index (χ0n) is 13.1. The van der Waals surface area contributed by atoms with Crippen LogP contribution in [0, 0.1) is 10.7 Å². The number of hydrogen-bond acceptors (Lipinski definition) is 6. The van der Waals surface area contributed by atoms with Gasteiger partial charge in [0.1, 0.15) is 15.7 Å². The average Bonchev–Trinajstić information content (AvgIpc) is 2.93. The molecule has 0 saturated carbocycles. The SMILES string of the molecule is CN(CCc1ccc(F)cc1)S(=O)(=O)c1cc(CCN=O)sc1N. The Bertz CT molecular complexity index is 804. The summed E-state index contributed by atoms with van der Waals surface area (Å²) in [5.74, 6) is -0.330. The summed E-state index contributed by atoms with van der Waals surface area (Å²) in [5.41, 5.74) is 6.67. The van der Waals surface area contributed by atoms with Gasteiger partial charge in [-0.1, -0.05) is 17.3 Å². The highest BCUT2D eigenvalue weighted by molar-refractivity contribution is 7.89. The van der Waals surface area contributed by atoms with Crippen LogP contribution in [0.5, 0.6) is 0 Å². The third-order valence-electron chi connectivity index (χ3n) is 3.54. The monoisotopic (exact) mass is 371 g/mol. The van der Waals surface area contributed by atoms with Crippen molar-refractivity contribution in [3.05, 3.63) is 51.5 Å². The molecule has 0 amide bonds. The lowest BCUT2D eigenvalue weighted by atomic mass is 10.1. The van der Waals surface area contributed by atoms with E-state index in [-0.39, 0.29) is 28.8 Å². The molecule has 1 aromatic carbocycles. The quantitative estimate of drug-likeness (QED) is 0.722. The van der Waals surface area contributed by atoms with Crippen LogP contribution in [0.15, 0.2) is 40.4 Å². The number of nitroso groups, excluding NO2 is 1. The molecule has 2 aromatic rings. The van der Waals surface area contributed by atoms with Gasteiger partial charge in [-0.25, -0.2) is 17.1 Å². The fourth-order valence-corrected chi connectivity index (χ4v) is 4.69. The molecule has 1 aromatic heterocycles. The lowest BCUT2D eigenvalue weighted by Crippen LogP contribution is -2.29. The van der Waals surface area contributed by atoms with Gasteiger partial charge in [0.05, 0.1) is 6.54 Å². The van der Waals surface area contributed by atoms with E-state index in [0.717, 1.165) is 16.9 Å². The second-order valence-electron chi connectivity index (χ2n) is 5.25. The third-order valence-corrected chi connectivity index (χ3v) is 6.59. The van der Waals surface area contributed by atoms with Gasteiger partial charge in [0, 0.05) is 24.9 Å². The highest BCUT2D eigenvalue weighted by atomic mass is 32.2. The van der Waals surface area contributed by atoms with Crippen LogP contribution in [0.1, 0.15) is 10.4 Å². The minimum Gasteiger partial charge on any atom is -0.389 e. The van der Waals surface area contributed by atoms with Crippen molar-refractivity contribution in [1.29, 1.82) is 0 Å². The minimum atomic E-state index is -3.72. The normalized spacial score (nSPS) is 11.8. The first kappa shape index (κ1) is 18.5. The Kier molecular flexibility index (Phi) is 6.03. The number of nitrogen functional groups attached to an aromatic ring is 1. The van der Waals surface area contributed by atoms with E-state index >= 15 is 0 Å². The van der Waals surface area contributed by atoms with Crippen LogP contribution in [0.4, 0.5) is 9.39 Å². The lowest BCUT2D eigenvalue weighted by Gasteiger charge is -2.16. The summed E-state index contributed by atoms with van der Waals surface area (Å²) in [4.78, 5) is 10.9. The number of sulfonamides is 1. The maximum atomic E-state index is 12.9. The van der Waals surface area contributed by atoms with E-state index in [1.807, 2.05) is 0 Å². The van der Waals surface area contributed by atoms with Crippen molar-refractivity contribution in [3.63, 3.8) is 0 Å². The molecular weight excluding hydrogens is 353 g/mol. The standard InChI is InChI=1S/C15H18FN3O3S2/c1-19(9-7-11-2-4-12(16)5-3-11)24(21,22)14-10-13(6-8-18-20)23-15(14)17/h2-5,10H,6-9,17H2,1H3. The molecule has 9 heteroatoms. The maximum Gasteiger partial charge on any atom is 0.245 e. The molecule has 2 N–H and O–H groups in total. The molecule has 0 spiro atoms. The fraction of sp³-hybridized carbons (Fsp3) is 0.333. The predicted molar refractivity (Wildman–Crippen MR) is 93.0 cm³/mol. The molecule has 0 aliphatic carbocycles. The van der Waals surface area contributed by atoms with E-state index in [4.69, 9.17) is 5.73 Å². The number of halogens is 1. The average molecular weight is 371 g/mol. The number of nitrogens with two attached hydrogens (primary N) is 1. The summed E-state index contributed by atoms with van der Waals surface area (Å²) in [6, 6.07) is 7.43. The second kappa shape index (κ2) is 7.82. The Morgan fingerprint density at radius 1 is 1.25 bits per heavy atom. The molecule has 0 saturated heterocycles. The molecule has 0 aliphatic heterocycles. The first-order valence-electron chi connectivity index (χ1n) is 7.22. The molecule has 0 bridgehead atoms. The fourth-order valence-electron chi connectivity index (χ4n) is 2.14.